The summed E-state index contributed by atoms with van der Waals surface area (Å²) in [6.45, 7) is 7.83. The predicted molar refractivity (Wildman–Crippen MR) is 112 cm³/mol. The summed E-state index contributed by atoms with van der Waals surface area (Å²) in [5.41, 5.74) is 2.27. The second-order valence-electron chi connectivity index (χ2n) is 7.59. The van der Waals surface area contributed by atoms with Gasteiger partial charge in [0.15, 0.2) is 0 Å². The third-order valence-corrected chi connectivity index (χ3v) is 5.56. The Bertz CT molecular complexity index is 986. The summed E-state index contributed by atoms with van der Waals surface area (Å²) in [5, 5.41) is 9.08. The summed E-state index contributed by atoms with van der Waals surface area (Å²) in [6, 6.07) is 11.8. The van der Waals surface area contributed by atoms with Gasteiger partial charge in [-0.1, -0.05) is 29.4 Å². The van der Waals surface area contributed by atoms with E-state index in [4.69, 9.17) is 9.26 Å². The summed E-state index contributed by atoms with van der Waals surface area (Å²) in [7, 11) is 0. The van der Waals surface area contributed by atoms with E-state index >= 15 is 0 Å². The van der Waals surface area contributed by atoms with Crippen LogP contribution in [0.5, 0.6) is 5.75 Å². The van der Waals surface area contributed by atoms with Crippen molar-refractivity contribution in [2.75, 3.05) is 26.2 Å². The fraction of sp³-hybridized carbons (Fsp3) is 0.391. The number of nitrogens with zero attached hydrogens (tertiary/aromatic N) is 2. The number of amides is 1. The molecule has 1 amide bonds. The van der Waals surface area contributed by atoms with Crippen LogP contribution in [-0.2, 0) is 6.61 Å². The van der Waals surface area contributed by atoms with Crippen LogP contribution >= 0.6 is 0 Å². The molecule has 4 rings (SSSR count). The molecule has 1 aliphatic heterocycles. The van der Waals surface area contributed by atoms with Crippen molar-refractivity contribution in [3.8, 4) is 5.75 Å². The van der Waals surface area contributed by atoms with Gasteiger partial charge >= 0.3 is 0 Å². The number of ether oxygens (including phenoxy) is 1. The Morgan fingerprint density at radius 1 is 1.17 bits per heavy atom. The SMILES string of the molecule is Cc1noc(C)c1COc1cc2ccccc2cc1C(=O)NCCN1CCCC1. The highest BCUT2D eigenvalue weighted by Gasteiger charge is 2.17. The van der Waals surface area contributed by atoms with Crippen LogP contribution in [-0.4, -0.2) is 42.1 Å². The third kappa shape index (κ3) is 4.43. The van der Waals surface area contributed by atoms with E-state index in [-0.39, 0.29) is 5.91 Å². The summed E-state index contributed by atoms with van der Waals surface area (Å²) in [5.74, 6) is 1.20. The Morgan fingerprint density at radius 2 is 1.90 bits per heavy atom. The van der Waals surface area contributed by atoms with Gasteiger partial charge in [-0.2, -0.15) is 0 Å². The summed E-state index contributed by atoms with van der Waals surface area (Å²) in [6.07, 6.45) is 2.50. The van der Waals surface area contributed by atoms with Crippen molar-refractivity contribution in [3.05, 3.63) is 59.0 Å². The molecule has 0 spiro atoms. The van der Waals surface area contributed by atoms with Crippen molar-refractivity contribution in [1.82, 2.24) is 15.4 Å². The first-order valence-electron chi connectivity index (χ1n) is 10.2. The van der Waals surface area contributed by atoms with Crippen LogP contribution < -0.4 is 10.1 Å². The van der Waals surface area contributed by atoms with Crippen molar-refractivity contribution in [1.29, 1.82) is 0 Å². The van der Waals surface area contributed by atoms with Crippen molar-refractivity contribution in [2.24, 2.45) is 0 Å². The molecular formula is C23H27N3O3. The first-order valence-corrected chi connectivity index (χ1v) is 10.2. The Labute approximate surface area is 170 Å². The monoisotopic (exact) mass is 393 g/mol. The lowest BCUT2D eigenvalue weighted by Gasteiger charge is -2.16. The smallest absolute Gasteiger partial charge is 0.255 e. The van der Waals surface area contributed by atoms with E-state index in [9.17, 15) is 4.79 Å². The van der Waals surface area contributed by atoms with Crippen LogP contribution in [0.3, 0.4) is 0 Å². The molecule has 1 aromatic heterocycles. The van der Waals surface area contributed by atoms with E-state index in [1.165, 1.54) is 12.8 Å². The number of nitrogens with one attached hydrogen (secondary N) is 1. The number of carbonyl (C=O) groups excluding carboxylic acids is 1. The Morgan fingerprint density at radius 3 is 2.59 bits per heavy atom. The number of hydrogen-bond acceptors (Lipinski definition) is 5. The van der Waals surface area contributed by atoms with Crippen molar-refractivity contribution in [2.45, 2.75) is 33.3 Å². The normalized spacial score (nSPS) is 14.4. The van der Waals surface area contributed by atoms with E-state index in [2.05, 4.69) is 15.4 Å². The number of hydrogen-bond donors (Lipinski definition) is 1. The van der Waals surface area contributed by atoms with Crippen molar-refractivity contribution < 1.29 is 14.1 Å². The molecule has 6 heteroatoms. The number of likely N-dealkylation sites (tertiary alicyclic amines) is 1. The van der Waals surface area contributed by atoms with Gasteiger partial charge in [-0.15, -0.1) is 0 Å². The zero-order chi connectivity index (χ0) is 20.2. The fourth-order valence-electron chi connectivity index (χ4n) is 3.80. The van der Waals surface area contributed by atoms with E-state index in [0.29, 0.717) is 24.5 Å². The average molecular weight is 393 g/mol. The van der Waals surface area contributed by atoms with Crippen LogP contribution in [0.25, 0.3) is 10.8 Å². The van der Waals surface area contributed by atoms with Gasteiger partial charge in [0, 0.05) is 13.1 Å². The molecule has 1 saturated heterocycles. The molecule has 1 fully saturated rings. The summed E-state index contributed by atoms with van der Waals surface area (Å²) in [4.78, 5) is 15.3. The van der Waals surface area contributed by atoms with Crippen molar-refractivity contribution >= 4 is 16.7 Å². The molecule has 0 bridgehead atoms. The van der Waals surface area contributed by atoms with Gasteiger partial charge in [-0.25, -0.2) is 0 Å². The van der Waals surface area contributed by atoms with Gasteiger partial charge in [0.25, 0.3) is 5.91 Å². The number of aryl methyl sites for hydroxylation is 2. The zero-order valence-electron chi connectivity index (χ0n) is 17.0. The quantitative estimate of drug-likeness (QED) is 0.660. The van der Waals surface area contributed by atoms with Gasteiger partial charge in [-0.3, -0.25) is 4.79 Å². The van der Waals surface area contributed by atoms with Gasteiger partial charge < -0.3 is 19.5 Å². The Balaban J connectivity index is 1.53. The van der Waals surface area contributed by atoms with Crippen LogP contribution in [0.2, 0.25) is 0 Å². The molecule has 2 aromatic carbocycles. The molecule has 2 heterocycles. The maximum atomic E-state index is 12.9. The number of benzene rings is 2. The highest BCUT2D eigenvalue weighted by molar-refractivity contribution is 6.01. The van der Waals surface area contributed by atoms with Gasteiger partial charge in [0.1, 0.15) is 18.1 Å². The summed E-state index contributed by atoms with van der Waals surface area (Å²) < 4.78 is 11.3. The minimum Gasteiger partial charge on any atom is -0.488 e. The van der Waals surface area contributed by atoms with Crippen LogP contribution in [0, 0.1) is 13.8 Å². The van der Waals surface area contributed by atoms with E-state index in [1.54, 1.807) is 0 Å². The van der Waals surface area contributed by atoms with Crippen LogP contribution in [0.1, 0.15) is 40.2 Å². The van der Waals surface area contributed by atoms with E-state index in [1.807, 2.05) is 50.2 Å². The first kappa shape index (κ1) is 19.5. The molecule has 1 N–H and O–H groups in total. The third-order valence-electron chi connectivity index (χ3n) is 5.56. The minimum atomic E-state index is -0.108. The first-order chi connectivity index (χ1) is 14.1. The number of carbonyl (C=O) groups is 1. The number of aromatic nitrogens is 1. The summed E-state index contributed by atoms with van der Waals surface area (Å²) >= 11 is 0. The molecule has 29 heavy (non-hydrogen) atoms. The molecule has 152 valence electrons. The molecule has 3 aromatic rings. The van der Waals surface area contributed by atoms with Crippen molar-refractivity contribution in [3.63, 3.8) is 0 Å². The van der Waals surface area contributed by atoms with Crippen LogP contribution in [0.15, 0.2) is 40.9 Å². The maximum absolute atomic E-state index is 12.9. The maximum Gasteiger partial charge on any atom is 0.255 e. The number of rotatable bonds is 7. The Kier molecular flexibility index (Phi) is 5.81. The highest BCUT2D eigenvalue weighted by Crippen LogP contribution is 2.27. The predicted octanol–water partition coefficient (Wildman–Crippen LogP) is 3.85. The lowest BCUT2D eigenvalue weighted by Crippen LogP contribution is -2.33. The van der Waals surface area contributed by atoms with Gasteiger partial charge in [0.2, 0.25) is 0 Å². The number of fused-ring (bicyclic) bond motifs is 1. The molecule has 0 radical (unpaired) electrons. The standard InChI is InChI=1S/C23H27N3O3/c1-16-21(17(2)29-25-16)15-28-22-14-19-8-4-3-7-18(19)13-20(22)23(27)24-9-12-26-10-5-6-11-26/h3-4,7-8,13-14H,5-6,9-12,15H2,1-2H3,(H,24,27). The van der Waals surface area contributed by atoms with Crippen LogP contribution in [0.4, 0.5) is 0 Å². The molecule has 0 saturated carbocycles. The topological polar surface area (TPSA) is 67.6 Å². The molecule has 0 unspecified atom stereocenters. The average Bonchev–Trinajstić information content (AvgIpc) is 3.35. The molecule has 6 nitrogen and oxygen atoms in total. The molecule has 0 atom stereocenters. The lowest BCUT2D eigenvalue weighted by molar-refractivity contribution is 0.0945. The van der Waals surface area contributed by atoms with E-state index in [0.717, 1.165) is 47.4 Å². The largest absolute Gasteiger partial charge is 0.488 e. The van der Waals surface area contributed by atoms with Gasteiger partial charge in [-0.05, 0) is 62.7 Å². The highest BCUT2D eigenvalue weighted by atomic mass is 16.5. The minimum absolute atomic E-state index is 0.108. The van der Waals surface area contributed by atoms with Gasteiger partial charge in [0.05, 0.1) is 16.8 Å². The second kappa shape index (κ2) is 8.66. The Hall–Kier alpha value is -2.86. The van der Waals surface area contributed by atoms with E-state index < -0.39 is 0 Å². The molecule has 1 aliphatic rings. The molecular weight excluding hydrogens is 366 g/mol. The second-order valence-corrected chi connectivity index (χ2v) is 7.59. The zero-order valence-corrected chi connectivity index (χ0v) is 17.0. The fourth-order valence-corrected chi connectivity index (χ4v) is 3.80. The molecule has 0 aliphatic carbocycles. The lowest BCUT2D eigenvalue weighted by atomic mass is 10.1.